The molecule has 0 atom stereocenters. The van der Waals surface area contributed by atoms with Gasteiger partial charge in [0.05, 0.1) is 0 Å². The van der Waals surface area contributed by atoms with Crippen LogP contribution in [0, 0.1) is 0 Å². The minimum atomic E-state index is -0.148. The zero-order valence-electron chi connectivity index (χ0n) is 11.7. The second-order valence-electron chi connectivity index (χ2n) is 5.65. The van der Waals surface area contributed by atoms with E-state index in [1.54, 1.807) is 10.6 Å². The zero-order chi connectivity index (χ0) is 13.1. The van der Waals surface area contributed by atoms with E-state index in [2.05, 4.69) is 18.9 Å². The van der Waals surface area contributed by atoms with E-state index in [0.29, 0.717) is 0 Å². The van der Waals surface area contributed by atoms with Gasteiger partial charge in [-0.05, 0) is 52.4 Å². The van der Waals surface area contributed by atoms with Crippen molar-refractivity contribution in [3.8, 4) is 0 Å². The Morgan fingerprint density at radius 1 is 1.35 bits per heavy atom. The molecule has 0 spiro atoms. The fourth-order valence-electron chi connectivity index (χ4n) is 1.94. The van der Waals surface area contributed by atoms with Crippen LogP contribution in [-0.4, -0.2) is 23.1 Å². The van der Waals surface area contributed by atoms with Crippen molar-refractivity contribution in [2.75, 3.05) is 13.6 Å². The molecule has 3 heteroatoms. The monoisotopic (exact) mass is 236 g/mol. The van der Waals surface area contributed by atoms with Crippen LogP contribution in [0.4, 0.5) is 0 Å². The second-order valence-corrected chi connectivity index (χ2v) is 5.65. The van der Waals surface area contributed by atoms with Gasteiger partial charge >= 0.3 is 0 Å². The van der Waals surface area contributed by atoms with E-state index in [-0.39, 0.29) is 11.1 Å². The smallest absolute Gasteiger partial charge is 0.251 e. The summed E-state index contributed by atoms with van der Waals surface area (Å²) in [6.07, 6.45) is 3.03. The Kier molecular flexibility index (Phi) is 4.52. The van der Waals surface area contributed by atoms with Crippen molar-refractivity contribution < 1.29 is 0 Å². The summed E-state index contributed by atoms with van der Waals surface area (Å²) < 4.78 is 1.77. The molecule has 1 aromatic rings. The highest BCUT2D eigenvalue weighted by Gasteiger charge is 2.14. The number of aromatic nitrogens is 1. The van der Waals surface area contributed by atoms with Crippen LogP contribution in [0.15, 0.2) is 23.1 Å². The SMILES string of the molecule is CCCN(C)Cc1ccn(C(C)(C)C)c(=O)c1. The van der Waals surface area contributed by atoms with Gasteiger partial charge in [0.2, 0.25) is 0 Å². The predicted octanol–water partition coefficient (Wildman–Crippen LogP) is 2.45. The molecule has 0 saturated heterocycles. The Morgan fingerprint density at radius 3 is 2.47 bits per heavy atom. The third-order valence-electron chi connectivity index (χ3n) is 2.76. The first-order valence-corrected chi connectivity index (χ1v) is 6.25. The van der Waals surface area contributed by atoms with E-state index < -0.39 is 0 Å². The van der Waals surface area contributed by atoms with Crippen molar-refractivity contribution in [1.82, 2.24) is 9.47 Å². The molecule has 0 aliphatic heterocycles. The van der Waals surface area contributed by atoms with Crippen LogP contribution in [0.2, 0.25) is 0 Å². The highest BCUT2D eigenvalue weighted by molar-refractivity contribution is 5.11. The van der Waals surface area contributed by atoms with E-state index in [0.717, 1.165) is 25.1 Å². The van der Waals surface area contributed by atoms with E-state index in [1.165, 1.54) is 0 Å². The molecular formula is C14H24N2O. The summed E-state index contributed by atoms with van der Waals surface area (Å²) in [5.41, 5.74) is 1.02. The van der Waals surface area contributed by atoms with Gasteiger partial charge in [0, 0.05) is 24.3 Å². The molecule has 17 heavy (non-hydrogen) atoms. The summed E-state index contributed by atoms with van der Waals surface area (Å²) in [6, 6.07) is 3.79. The van der Waals surface area contributed by atoms with Crippen molar-refractivity contribution in [1.29, 1.82) is 0 Å². The van der Waals surface area contributed by atoms with Crippen molar-refractivity contribution in [2.45, 2.75) is 46.2 Å². The van der Waals surface area contributed by atoms with Gasteiger partial charge in [0.15, 0.2) is 0 Å². The van der Waals surface area contributed by atoms with Crippen molar-refractivity contribution in [2.24, 2.45) is 0 Å². The average Bonchev–Trinajstić information content (AvgIpc) is 2.15. The molecular weight excluding hydrogens is 212 g/mol. The molecule has 3 nitrogen and oxygen atoms in total. The number of hydrogen-bond donors (Lipinski definition) is 0. The van der Waals surface area contributed by atoms with Crippen LogP contribution in [0.5, 0.6) is 0 Å². The Bertz CT molecular complexity index is 415. The zero-order valence-corrected chi connectivity index (χ0v) is 11.7. The lowest BCUT2D eigenvalue weighted by molar-refractivity contribution is 0.326. The number of pyridine rings is 1. The summed E-state index contributed by atoms with van der Waals surface area (Å²) in [5, 5.41) is 0. The van der Waals surface area contributed by atoms with Gasteiger partial charge < -0.3 is 9.47 Å². The highest BCUT2D eigenvalue weighted by Crippen LogP contribution is 2.11. The molecule has 0 radical (unpaired) electrons. The molecule has 0 amide bonds. The van der Waals surface area contributed by atoms with E-state index in [9.17, 15) is 4.79 Å². The first kappa shape index (κ1) is 14.0. The van der Waals surface area contributed by atoms with Crippen LogP contribution in [0.1, 0.15) is 39.7 Å². The predicted molar refractivity (Wildman–Crippen MR) is 72.3 cm³/mol. The summed E-state index contributed by atoms with van der Waals surface area (Å²) in [7, 11) is 2.08. The van der Waals surface area contributed by atoms with Crippen LogP contribution >= 0.6 is 0 Å². The van der Waals surface area contributed by atoms with E-state index in [1.807, 2.05) is 33.0 Å². The van der Waals surface area contributed by atoms with Crippen LogP contribution < -0.4 is 5.56 Å². The molecule has 1 heterocycles. The first-order chi connectivity index (χ1) is 7.84. The molecule has 0 aliphatic carbocycles. The first-order valence-electron chi connectivity index (χ1n) is 6.25. The highest BCUT2D eigenvalue weighted by atomic mass is 16.1. The third-order valence-corrected chi connectivity index (χ3v) is 2.76. The fraction of sp³-hybridized carbons (Fsp3) is 0.643. The minimum absolute atomic E-state index is 0.0832. The summed E-state index contributed by atoms with van der Waals surface area (Å²) in [5.74, 6) is 0. The van der Waals surface area contributed by atoms with E-state index >= 15 is 0 Å². The normalized spacial score (nSPS) is 12.1. The van der Waals surface area contributed by atoms with Gasteiger partial charge in [-0.25, -0.2) is 0 Å². The lowest BCUT2D eigenvalue weighted by Gasteiger charge is -2.23. The Balaban J connectivity index is 2.87. The van der Waals surface area contributed by atoms with Gasteiger partial charge in [0.1, 0.15) is 0 Å². The maximum absolute atomic E-state index is 12.0. The molecule has 0 saturated carbocycles. The largest absolute Gasteiger partial charge is 0.310 e. The fourth-order valence-corrected chi connectivity index (χ4v) is 1.94. The molecule has 1 rings (SSSR count). The molecule has 0 aliphatic rings. The third kappa shape index (κ3) is 4.00. The van der Waals surface area contributed by atoms with Gasteiger partial charge in [-0.2, -0.15) is 0 Å². The Labute approximate surface area is 104 Å². The van der Waals surface area contributed by atoms with Crippen molar-refractivity contribution in [3.05, 3.63) is 34.2 Å². The second kappa shape index (κ2) is 5.50. The summed E-state index contributed by atoms with van der Waals surface area (Å²) in [6.45, 7) is 10.2. The van der Waals surface area contributed by atoms with Crippen LogP contribution in [0.25, 0.3) is 0 Å². The van der Waals surface area contributed by atoms with Gasteiger partial charge in [-0.15, -0.1) is 0 Å². The summed E-state index contributed by atoms with van der Waals surface area (Å²) >= 11 is 0. The van der Waals surface area contributed by atoms with Crippen molar-refractivity contribution in [3.63, 3.8) is 0 Å². The number of rotatable bonds is 4. The van der Waals surface area contributed by atoms with Crippen molar-refractivity contribution >= 4 is 0 Å². The van der Waals surface area contributed by atoms with Crippen LogP contribution in [-0.2, 0) is 12.1 Å². The lowest BCUT2D eigenvalue weighted by atomic mass is 10.1. The quantitative estimate of drug-likeness (QED) is 0.802. The average molecular weight is 236 g/mol. The van der Waals surface area contributed by atoms with Gasteiger partial charge in [0.25, 0.3) is 5.56 Å². The molecule has 0 unspecified atom stereocenters. The number of hydrogen-bond acceptors (Lipinski definition) is 2. The molecule has 0 bridgehead atoms. The molecule has 1 aromatic heterocycles. The van der Waals surface area contributed by atoms with Crippen LogP contribution in [0.3, 0.4) is 0 Å². The molecule has 0 N–H and O–H groups in total. The Hall–Kier alpha value is -1.09. The van der Waals surface area contributed by atoms with Gasteiger partial charge in [-0.3, -0.25) is 4.79 Å². The minimum Gasteiger partial charge on any atom is -0.310 e. The topological polar surface area (TPSA) is 25.2 Å². The maximum Gasteiger partial charge on any atom is 0.251 e. The maximum atomic E-state index is 12.0. The van der Waals surface area contributed by atoms with E-state index in [4.69, 9.17) is 0 Å². The molecule has 0 fully saturated rings. The number of nitrogens with zero attached hydrogens (tertiary/aromatic N) is 2. The molecule has 96 valence electrons. The molecule has 0 aromatic carbocycles. The van der Waals surface area contributed by atoms with Gasteiger partial charge in [-0.1, -0.05) is 6.92 Å². The Morgan fingerprint density at radius 2 is 2.00 bits per heavy atom. The summed E-state index contributed by atoms with van der Waals surface area (Å²) in [4.78, 5) is 14.2. The lowest BCUT2D eigenvalue weighted by Crippen LogP contribution is -2.33. The standard InChI is InChI=1S/C14H24N2O/c1-6-8-15(5)11-12-7-9-16(13(17)10-12)14(2,3)4/h7,9-10H,6,8,11H2,1-5H3.